The maximum absolute atomic E-state index is 13.5. The van der Waals surface area contributed by atoms with Gasteiger partial charge in [0.05, 0.1) is 12.1 Å². The Hall–Kier alpha value is -4.42. The standard InChI is InChI=1S/C34H33N3O3/c38-33(36-31(25-13-5-2-6-14-25)21-24-11-3-1-4-12-24)26-15-9-16-27(22-26)35-32-29-18-7-8-19-30(29)34(39)37(32)23-28-17-10-20-40-28/h1-9,11-16,18-19,22,28,31-32,35H,10,17,20-21,23H2,(H,36,38). The second kappa shape index (κ2) is 11.8. The fourth-order valence-corrected chi connectivity index (χ4v) is 5.66. The molecule has 2 amide bonds. The van der Waals surface area contributed by atoms with Crippen LogP contribution in [0.25, 0.3) is 0 Å². The number of nitrogens with one attached hydrogen (secondary N) is 2. The molecule has 1 saturated heterocycles. The van der Waals surface area contributed by atoms with Gasteiger partial charge in [0.1, 0.15) is 6.17 Å². The monoisotopic (exact) mass is 531 g/mol. The molecular formula is C34H33N3O3. The fraction of sp³-hybridized carbons (Fsp3) is 0.235. The van der Waals surface area contributed by atoms with E-state index in [9.17, 15) is 9.59 Å². The van der Waals surface area contributed by atoms with Crippen molar-refractivity contribution >= 4 is 17.5 Å². The van der Waals surface area contributed by atoms with Crippen molar-refractivity contribution in [2.75, 3.05) is 18.5 Å². The van der Waals surface area contributed by atoms with Gasteiger partial charge < -0.3 is 20.3 Å². The highest BCUT2D eigenvalue weighted by Gasteiger charge is 2.38. The van der Waals surface area contributed by atoms with Gasteiger partial charge in [0, 0.05) is 35.5 Å². The Morgan fingerprint density at radius 3 is 2.42 bits per heavy atom. The van der Waals surface area contributed by atoms with Gasteiger partial charge in [-0.05, 0) is 54.7 Å². The molecular weight excluding hydrogens is 498 g/mol. The predicted molar refractivity (Wildman–Crippen MR) is 156 cm³/mol. The molecule has 0 spiro atoms. The average Bonchev–Trinajstić information content (AvgIpc) is 3.61. The van der Waals surface area contributed by atoms with Crippen molar-refractivity contribution in [1.82, 2.24) is 10.2 Å². The number of anilines is 1. The molecule has 3 unspecified atom stereocenters. The van der Waals surface area contributed by atoms with Crippen molar-refractivity contribution in [2.45, 2.75) is 37.6 Å². The summed E-state index contributed by atoms with van der Waals surface area (Å²) >= 11 is 0. The van der Waals surface area contributed by atoms with Gasteiger partial charge in [-0.15, -0.1) is 0 Å². The van der Waals surface area contributed by atoms with Crippen molar-refractivity contribution in [3.8, 4) is 0 Å². The van der Waals surface area contributed by atoms with E-state index in [1.165, 1.54) is 0 Å². The number of rotatable bonds is 9. The molecule has 0 saturated carbocycles. The zero-order valence-electron chi connectivity index (χ0n) is 22.3. The first kappa shape index (κ1) is 25.8. The quantitative estimate of drug-likeness (QED) is 0.272. The number of carbonyl (C=O) groups excluding carboxylic acids is 2. The summed E-state index contributed by atoms with van der Waals surface area (Å²) in [6.07, 6.45) is 2.37. The highest BCUT2D eigenvalue weighted by atomic mass is 16.5. The Morgan fingerprint density at radius 2 is 1.65 bits per heavy atom. The van der Waals surface area contributed by atoms with E-state index in [0.29, 0.717) is 24.1 Å². The van der Waals surface area contributed by atoms with Gasteiger partial charge in [0.2, 0.25) is 0 Å². The van der Waals surface area contributed by atoms with Gasteiger partial charge in [-0.3, -0.25) is 9.59 Å². The van der Waals surface area contributed by atoms with Crippen molar-refractivity contribution in [3.05, 3.63) is 137 Å². The molecule has 40 heavy (non-hydrogen) atoms. The van der Waals surface area contributed by atoms with Gasteiger partial charge in [0.25, 0.3) is 11.8 Å². The number of amides is 2. The first-order chi connectivity index (χ1) is 19.7. The lowest BCUT2D eigenvalue weighted by atomic mass is 9.98. The lowest BCUT2D eigenvalue weighted by molar-refractivity contribution is 0.0488. The Kier molecular flexibility index (Phi) is 7.60. The molecule has 2 N–H and O–H groups in total. The predicted octanol–water partition coefficient (Wildman–Crippen LogP) is 6.15. The molecule has 0 aromatic heterocycles. The first-order valence-corrected chi connectivity index (χ1v) is 13.9. The maximum Gasteiger partial charge on any atom is 0.256 e. The SMILES string of the molecule is O=C(NC(Cc1ccccc1)c1ccccc1)c1cccc(NC2c3ccccc3C(=O)N2CC2CCCO2)c1. The minimum atomic E-state index is -0.332. The molecule has 3 atom stereocenters. The van der Waals surface area contributed by atoms with E-state index in [1.807, 2.05) is 102 Å². The third-order valence-electron chi connectivity index (χ3n) is 7.70. The minimum Gasteiger partial charge on any atom is -0.376 e. The molecule has 0 radical (unpaired) electrons. The van der Waals surface area contributed by atoms with Gasteiger partial charge >= 0.3 is 0 Å². The number of fused-ring (bicyclic) bond motifs is 1. The highest BCUT2D eigenvalue weighted by molar-refractivity contribution is 5.99. The summed E-state index contributed by atoms with van der Waals surface area (Å²) in [5.74, 6) is -0.142. The largest absolute Gasteiger partial charge is 0.376 e. The van der Waals surface area contributed by atoms with Crippen LogP contribution in [-0.4, -0.2) is 36.0 Å². The van der Waals surface area contributed by atoms with E-state index < -0.39 is 0 Å². The first-order valence-electron chi connectivity index (χ1n) is 13.9. The highest BCUT2D eigenvalue weighted by Crippen LogP contribution is 2.35. The van der Waals surface area contributed by atoms with Crippen LogP contribution in [0.1, 0.15) is 62.5 Å². The molecule has 6 nitrogen and oxygen atoms in total. The van der Waals surface area contributed by atoms with Crippen LogP contribution >= 0.6 is 0 Å². The summed E-state index contributed by atoms with van der Waals surface area (Å²) in [5.41, 5.74) is 5.19. The molecule has 2 aliphatic heterocycles. The van der Waals surface area contributed by atoms with Crippen LogP contribution in [0, 0.1) is 0 Å². The second-order valence-corrected chi connectivity index (χ2v) is 10.4. The van der Waals surface area contributed by atoms with E-state index in [-0.39, 0.29) is 30.1 Å². The molecule has 6 rings (SSSR count). The Morgan fingerprint density at radius 1 is 0.900 bits per heavy atom. The van der Waals surface area contributed by atoms with Gasteiger partial charge in [-0.2, -0.15) is 0 Å². The lowest BCUT2D eigenvalue weighted by Gasteiger charge is -2.29. The third kappa shape index (κ3) is 5.63. The van der Waals surface area contributed by atoms with E-state index in [0.717, 1.165) is 41.8 Å². The fourth-order valence-electron chi connectivity index (χ4n) is 5.66. The number of nitrogens with zero attached hydrogens (tertiary/aromatic N) is 1. The molecule has 2 aliphatic rings. The van der Waals surface area contributed by atoms with Crippen LogP contribution in [0.4, 0.5) is 5.69 Å². The van der Waals surface area contributed by atoms with E-state index in [2.05, 4.69) is 22.8 Å². The summed E-state index contributed by atoms with van der Waals surface area (Å²) in [7, 11) is 0. The van der Waals surface area contributed by atoms with Crippen molar-refractivity contribution in [1.29, 1.82) is 0 Å². The topological polar surface area (TPSA) is 70.7 Å². The zero-order chi connectivity index (χ0) is 27.3. The average molecular weight is 532 g/mol. The van der Waals surface area contributed by atoms with E-state index in [1.54, 1.807) is 0 Å². The van der Waals surface area contributed by atoms with Crippen molar-refractivity contribution in [2.24, 2.45) is 0 Å². The molecule has 1 fully saturated rings. The van der Waals surface area contributed by atoms with Crippen LogP contribution < -0.4 is 10.6 Å². The van der Waals surface area contributed by atoms with Gasteiger partial charge in [-0.25, -0.2) is 0 Å². The van der Waals surface area contributed by atoms with Crippen LogP contribution in [-0.2, 0) is 11.2 Å². The van der Waals surface area contributed by atoms with E-state index in [4.69, 9.17) is 4.74 Å². The second-order valence-electron chi connectivity index (χ2n) is 10.4. The minimum absolute atomic E-state index is 0.00381. The molecule has 4 aromatic carbocycles. The van der Waals surface area contributed by atoms with Crippen LogP contribution in [0.15, 0.2) is 109 Å². The zero-order valence-corrected chi connectivity index (χ0v) is 22.3. The third-order valence-corrected chi connectivity index (χ3v) is 7.70. The van der Waals surface area contributed by atoms with Crippen LogP contribution in [0.2, 0.25) is 0 Å². The Bertz CT molecular complexity index is 1470. The Labute approximate surface area is 235 Å². The summed E-state index contributed by atoms with van der Waals surface area (Å²) < 4.78 is 5.85. The number of ether oxygens (including phenoxy) is 1. The molecule has 0 bridgehead atoms. The maximum atomic E-state index is 13.5. The number of hydrogen-bond acceptors (Lipinski definition) is 4. The van der Waals surface area contributed by atoms with Crippen LogP contribution in [0.5, 0.6) is 0 Å². The van der Waals surface area contributed by atoms with Gasteiger partial charge in [-0.1, -0.05) is 84.9 Å². The molecule has 202 valence electrons. The molecule has 0 aliphatic carbocycles. The molecule has 4 aromatic rings. The normalized spacial score (nSPS) is 18.8. The summed E-state index contributed by atoms with van der Waals surface area (Å²) in [5, 5.41) is 6.79. The van der Waals surface area contributed by atoms with Crippen molar-refractivity contribution in [3.63, 3.8) is 0 Å². The molecule has 2 heterocycles. The summed E-state index contributed by atoms with van der Waals surface area (Å²) in [6.45, 7) is 1.27. The van der Waals surface area contributed by atoms with Crippen molar-refractivity contribution < 1.29 is 14.3 Å². The van der Waals surface area contributed by atoms with E-state index >= 15 is 0 Å². The van der Waals surface area contributed by atoms with Gasteiger partial charge in [0.15, 0.2) is 0 Å². The molecule has 6 heteroatoms. The number of benzene rings is 4. The number of hydrogen-bond donors (Lipinski definition) is 2. The smallest absolute Gasteiger partial charge is 0.256 e. The summed E-state index contributed by atoms with van der Waals surface area (Å²) in [4.78, 5) is 28.7. The lowest BCUT2D eigenvalue weighted by Crippen LogP contribution is -2.38. The number of carbonyl (C=O) groups is 2. The van der Waals surface area contributed by atoms with Crippen LogP contribution in [0.3, 0.4) is 0 Å². The Balaban J connectivity index is 1.22. The summed E-state index contributed by atoms with van der Waals surface area (Å²) in [6, 6.07) is 35.3.